The van der Waals surface area contributed by atoms with Crippen molar-refractivity contribution < 1.29 is 4.79 Å². The van der Waals surface area contributed by atoms with Gasteiger partial charge in [0.2, 0.25) is 5.91 Å². The van der Waals surface area contributed by atoms with Crippen LogP contribution in [0.25, 0.3) is 10.8 Å². The molecule has 150 valence electrons. The third-order valence-electron chi connectivity index (χ3n) is 4.98. The maximum absolute atomic E-state index is 11.2. The molecule has 0 spiro atoms. The zero-order chi connectivity index (χ0) is 20.5. The summed E-state index contributed by atoms with van der Waals surface area (Å²) >= 11 is 1.58. The largest absolute Gasteiger partial charge is 0.326 e. The fourth-order valence-electron chi connectivity index (χ4n) is 3.38. The standard InChI is InChI=1S/C23H21N5OS/c1-14(29)24-17-8-10-18(11-9-17)30-22-12-16-4-2-3-5-19(16)23(26-22)25-21-13-20(27-28-21)15-6-7-15/h2-5,8-13,15H,6-7H2,1H3,(H,24,29)(H2,25,26,27,28). The van der Waals surface area contributed by atoms with Gasteiger partial charge in [-0.1, -0.05) is 36.0 Å². The van der Waals surface area contributed by atoms with E-state index < -0.39 is 0 Å². The molecule has 0 radical (unpaired) electrons. The summed E-state index contributed by atoms with van der Waals surface area (Å²) in [5.74, 6) is 2.13. The number of rotatable bonds is 6. The molecule has 0 aliphatic heterocycles. The van der Waals surface area contributed by atoms with Crippen molar-refractivity contribution in [2.24, 2.45) is 0 Å². The lowest BCUT2D eigenvalue weighted by Gasteiger charge is -2.10. The van der Waals surface area contributed by atoms with Crippen LogP contribution in [0.1, 0.15) is 31.4 Å². The molecule has 3 N–H and O–H groups in total. The maximum Gasteiger partial charge on any atom is 0.221 e. The minimum Gasteiger partial charge on any atom is -0.326 e. The van der Waals surface area contributed by atoms with Crippen molar-refractivity contribution in [1.82, 2.24) is 15.2 Å². The minimum absolute atomic E-state index is 0.0782. The van der Waals surface area contributed by atoms with Crippen molar-refractivity contribution in [2.75, 3.05) is 10.6 Å². The molecule has 30 heavy (non-hydrogen) atoms. The number of hydrogen-bond acceptors (Lipinski definition) is 5. The second-order valence-electron chi connectivity index (χ2n) is 7.45. The van der Waals surface area contributed by atoms with Crippen molar-refractivity contribution in [3.63, 3.8) is 0 Å². The third kappa shape index (κ3) is 4.16. The Hall–Kier alpha value is -3.32. The summed E-state index contributed by atoms with van der Waals surface area (Å²) in [5.41, 5.74) is 1.97. The van der Waals surface area contributed by atoms with E-state index in [1.54, 1.807) is 11.8 Å². The number of amides is 1. The number of carbonyl (C=O) groups excluding carboxylic acids is 1. The summed E-state index contributed by atoms with van der Waals surface area (Å²) in [7, 11) is 0. The van der Waals surface area contributed by atoms with Gasteiger partial charge in [-0.25, -0.2) is 4.98 Å². The number of H-pyrrole nitrogens is 1. The molecule has 1 amide bonds. The Morgan fingerprint density at radius 1 is 1.10 bits per heavy atom. The highest BCUT2D eigenvalue weighted by molar-refractivity contribution is 7.99. The molecule has 4 aromatic rings. The van der Waals surface area contributed by atoms with Gasteiger partial charge in [0.05, 0.1) is 0 Å². The second-order valence-corrected chi connectivity index (χ2v) is 8.54. The summed E-state index contributed by atoms with van der Waals surface area (Å²) in [6.07, 6.45) is 2.46. The number of benzene rings is 2. The number of hydrogen-bond donors (Lipinski definition) is 3. The van der Waals surface area contributed by atoms with E-state index >= 15 is 0 Å². The Morgan fingerprint density at radius 2 is 1.90 bits per heavy atom. The van der Waals surface area contributed by atoms with Crippen LogP contribution in [0.2, 0.25) is 0 Å². The van der Waals surface area contributed by atoms with Crippen LogP contribution in [0.15, 0.2) is 70.6 Å². The molecule has 0 atom stereocenters. The molecule has 2 aromatic carbocycles. The monoisotopic (exact) mass is 415 g/mol. The van der Waals surface area contributed by atoms with Crippen molar-refractivity contribution in [3.05, 3.63) is 66.4 Å². The number of aromatic amines is 1. The van der Waals surface area contributed by atoms with E-state index in [0.29, 0.717) is 5.92 Å². The Morgan fingerprint density at radius 3 is 2.67 bits per heavy atom. The van der Waals surface area contributed by atoms with E-state index in [1.165, 1.54) is 25.5 Å². The molecule has 1 aliphatic rings. The van der Waals surface area contributed by atoms with Gasteiger partial charge in [0.15, 0.2) is 5.82 Å². The number of nitrogens with one attached hydrogen (secondary N) is 3. The van der Waals surface area contributed by atoms with Crippen LogP contribution in [0.4, 0.5) is 17.3 Å². The zero-order valence-corrected chi connectivity index (χ0v) is 17.3. The topological polar surface area (TPSA) is 82.7 Å². The van der Waals surface area contributed by atoms with E-state index in [9.17, 15) is 4.79 Å². The first-order chi connectivity index (χ1) is 14.6. The first-order valence-corrected chi connectivity index (χ1v) is 10.7. The molecule has 5 rings (SSSR count). The number of fused-ring (bicyclic) bond motifs is 1. The average Bonchev–Trinajstić information content (AvgIpc) is 3.48. The molecular weight excluding hydrogens is 394 g/mol. The van der Waals surface area contributed by atoms with Gasteiger partial charge in [-0.2, -0.15) is 5.10 Å². The van der Waals surface area contributed by atoms with Crippen LogP contribution in [0.5, 0.6) is 0 Å². The Balaban J connectivity index is 1.43. The van der Waals surface area contributed by atoms with Gasteiger partial charge in [-0.3, -0.25) is 9.89 Å². The number of carbonyl (C=O) groups is 1. The van der Waals surface area contributed by atoms with Crippen molar-refractivity contribution >= 4 is 45.8 Å². The minimum atomic E-state index is -0.0782. The van der Waals surface area contributed by atoms with Crippen molar-refractivity contribution in [3.8, 4) is 0 Å². The predicted molar refractivity (Wildman–Crippen MR) is 120 cm³/mol. The van der Waals surface area contributed by atoms with Crippen LogP contribution in [-0.2, 0) is 4.79 Å². The molecule has 7 heteroatoms. The average molecular weight is 416 g/mol. The lowest BCUT2D eigenvalue weighted by Crippen LogP contribution is -2.05. The summed E-state index contributed by atoms with van der Waals surface area (Å²) in [6.45, 7) is 1.50. The molecule has 0 bridgehead atoms. The lowest BCUT2D eigenvalue weighted by molar-refractivity contribution is -0.114. The number of anilines is 3. The van der Waals surface area contributed by atoms with E-state index in [-0.39, 0.29) is 5.91 Å². The van der Waals surface area contributed by atoms with Crippen LogP contribution in [0, 0.1) is 0 Å². The molecule has 2 heterocycles. The number of pyridine rings is 1. The van der Waals surface area contributed by atoms with Gasteiger partial charge < -0.3 is 10.6 Å². The fraction of sp³-hybridized carbons (Fsp3) is 0.174. The van der Waals surface area contributed by atoms with Gasteiger partial charge in [-0.15, -0.1) is 0 Å². The highest BCUT2D eigenvalue weighted by Gasteiger charge is 2.25. The van der Waals surface area contributed by atoms with E-state index in [2.05, 4.69) is 45.1 Å². The van der Waals surface area contributed by atoms with E-state index in [4.69, 9.17) is 4.98 Å². The highest BCUT2D eigenvalue weighted by atomic mass is 32.2. The van der Waals surface area contributed by atoms with Crippen LogP contribution >= 0.6 is 11.8 Å². The van der Waals surface area contributed by atoms with Gasteiger partial charge in [0.25, 0.3) is 0 Å². The van der Waals surface area contributed by atoms with Crippen LogP contribution < -0.4 is 10.6 Å². The fourth-order valence-corrected chi connectivity index (χ4v) is 4.21. The van der Waals surface area contributed by atoms with Gasteiger partial charge in [0, 0.05) is 40.6 Å². The normalized spacial score (nSPS) is 13.4. The smallest absolute Gasteiger partial charge is 0.221 e. The molecule has 6 nitrogen and oxygen atoms in total. The molecule has 1 fully saturated rings. The van der Waals surface area contributed by atoms with Gasteiger partial charge >= 0.3 is 0 Å². The zero-order valence-electron chi connectivity index (χ0n) is 16.5. The lowest BCUT2D eigenvalue weighted by atomic mass is 10.1. The molecule has 1 saturated carbocycles. The van der Waals surface area contributed by atoms with Crippen molar-refractivity contribution in [1.29, 1.82) is 0 Å². The third-order valence-corrected chi connectivity index (χ3v) is 5.90. The summed E-state index contributed by atoms with van der Waals surface area (Å²) in [6, 6.07) is 20.1. The Bertz CT molecular complexity index is 1210. The Labute approximate surface area is 178 Å². The molecule has 1 aliphatic carbocycles. The van der Waals surface area contributed by atoms with E-state index in [1.807, 2.05) is 36.4 Å². The maximum atomic E-state index is 11.2. The molecule has 2 aromatic heterocycles. The van der Waals surface area contributed by atoms with Crippen molar-refractivity contribution in [2.45, 2.75) is 35.6 Å². The van der Waals surface area contributed by atoms with Crippen LogP contribution in [-0.4, -0.2) is 21.1 Å². The van der Waals surface area contributed by atoms with E-state index in [0.717, 1.165) is 38.0 Å². The predicted octanol–water partition coefficient (Wildman–Crippen LogP) is 5.69. The van der Waals surface area contributed by atoms with Gasteiger partial charge in [0.1, 0.15) is 10.8 Å². The first-order valence-electron chi connectivity index (χ1n) is 9.92. The van der Waals surface area contributed by atoms with Crippen LogP contribution in [0.3, 0.4) is 0 Å². The first kappa shape index (κ1) is 18.7. The molecule has 0 saturated heterocycles. The number of nitrogens with zero attached hydrogens (tertiary/aromatic N) is 2. The molecular formula is C23H21N5OS. The SMILES string of the molecule is CC(=O)Nc1ccc(Sc2cc3ccccc3c(Nc3cc(C4CC4)[nH]n3)n2)cc1. The number of aromatic nitrogens is 3. The highest BCUT2D eigenvalue weighted by Crippen LogP contribution is 2.40. The Kier molecular flexibility index (Phi) is 4.88. The quantitative estimate of drug-likeness (QED) is 0.377. The molecule has 0 unspecified atom stereocenters. The summed E-state index contributed by atoms with van der Waals surface area (Å²) in [5, 5.41) is 16.8. The summed E-state index contributed by atoms with van der Waals surface area (Å²) < 4.78 is 0. The summed E-state index contributed by atoms with van der Waals surface area (Å²) in [4.78, 5) is 17.1. The van der Waals surface area contributed by atoms with Gasteiger partial charge in [-0.05, 0) is 48.6 Å². The second kappa shape index (κ2) is 7.84.